The number of hydrogen-bond donors (Lipinski definition) is 0. The number of nitrogens with zero attached hydrogens (tertiary/aromatic N) is 2. The molecule has 3 atom stereocenters. The van der Waals surface area contributed by atoms with E-state index in [1.165, 1.54) is 17.4 Å². The second-order valence-corrected chi connectivity index (χ2v) is 13.3. The minimum absolute atomic E-state index is 0.0742. The van der Waals surface area contributed by atoms with Crippen LogP contribution in [0.3, 0.4) is 0 Å². The van der Waals surface area contributed by atoms with Crippen molar-refractivity contribution in [3.05, 3.63) is 82.3 Å². The zero-order valence-corrected chi connectivity index (χ0v) is 23.3. The number of ether oxygens (including phenoxy) is 1. The maximum atomic E-state index is 14.9. The molecule has 1 saturated heterocycles. The summed E-state index contributed by atoms with van der Waals surface area (Å²) in [7, 11) is -3.14. The van der Waals surface area contributed by atoms with Crippen molar-refractivity contribution in [2.24, 2.45) is 11.8 Å². The number of piperidine rings is 1. The average molecular weight is 549 g/mol. The lowest BCUT2D eigenvalue weighted by molar-refractivity contribution is -0.118. The van der Waals surface area contributed by atoms with Crippen LogP contribution in [0.2, 0.25) is 0 Å². The van der Waals surface area contributed by atoms with Crippen molar-refractivity contribution < 1.29 is 22.3 Å². The Morgan fingerprint density at radius 1 is 1.13 bits per heavy atom. The van der Waals surface area contributed by atoms with E-state index in [0.29, 0.717) is 42.3 Å². The summed E-state index contributed by atoms with van der Waals surface area (Å²) in [6.07, 6.45) is 5.57. The first-order valence-corrected chi connectivity index (χ1v) is 15.4. The fraction of sp³-hybridized carbons (Fsp3) is 0.419. The molecule has 8 heteroatoms. The van der Waals surface area contributed by atoms with E-state index >= 15 is 0 Å². The number of carbonyl (C=O) groups is 1. The Morgan fingerprint density at radius 2 is 1.85 bits per heavy atom. The molecular formula is C31H33FN2O4S. The zero-order valence-electron chi connectivity index (χ0n) is 22.5. The Balaban J connectivity index is 1.14. The highest BCUT2D eigenvalue weighted by atomic mass is 32.2. The predicted molar refractivity (Wildman–Crippen MR) is 148 cm³/mol. The lowest BCUT2D eigenvalue weighted by atomic mass is 9.88. The van der Waals surface area contributed by atoms with Gasteiger partial charge in [-0.05, 0) is 96.4 Å². The molecule has 1 saturated carbocycles. The summed E-state index contributed by atoms with van der Waals surface area (Å²) in [4.78, 5) is 16.2. The molecule has 0 amide bonds. The minimum Gasteiger partial charge on any atom is -0.473 e. The van der Waals surface area contributed by atoms with Crippen LogP contribution in [-0.2, 0) is 27.8 Å². The highest BCUT2D eigenvalue weighted by Crippen LogP contribution is 2.61. The van der Waals surface area contributed by atoms with E-state index < -0.39 is 10.0 Å². The van der Waals surface area contributed by atoms with E-state index in [2.05, 4.69) is 29.2 Å². The van der Waals surface area contributed by atoms with E-state index in [1.807, 2.05) is 25.3 Å². The molecule has 1 aliphatic heterocycles. The van der Waals surface area contributed by atoms with Gasteiger partial charge in [0, 0.05) is 36.8 Å². The first kappa shape index (κ1) is 26.1. The maximum absolute atomic E-state index is 14.9. The molecule has 6 nitrogen and oxygen atoms in total. The number of hydrogen-bond acceptors (Lipinski definition) is 5. The SMILES string of the molecule is CC(=O)[C@H]1[C@@H]2Cc3cc(OCc4cc(-c5ccc(C6CCN(S(C)(=O)=O)CC6)cc5)c(C)cc4F)ncc3[C@@H]21. The number of Topliss-reactive ketones (excluding diaryl/α,β-unsaturated/α-hetero) is 1. The molecule has 204 valence electrons. The molecule has 2 fully saturated rings. The summed E-state index contributed by atoms with van der Waals surface area (Å²) in [6, 6.07) is 13.7. The highest BCUT2D eigenvalue weighted by Gasteiger charge is 2.58. The third kappa shape index (κ3) is 5.00. The van der Waals surface area contributed by atoms with Gasteiger partial charge in [-0.15, -0.1) is 0 Å². The number of rotatable bonds is 7. The summed E-state index contributed by atoms with van der Waals surface area (Å²) < 4.78 is 46.0. The van der Waals surface area contributed by atoms with Crippen LogP contribution in [0, 0.1) is 24.6 Å². The molecule has 0 unspecified atom stereocenters. The predicted octanol–water partition coefficient (Wildman–Crippen LogP) is 5.39. The maximum Gasteiger partial charge on any atom is 0.213 e. The quantitative estimate of drug-likeness (QED) is 0.396. The third-order valence-electron chi connectivity index (χ3n) is 8.84. The van der Waals surface area contributed by atoms with Gasteiger partial charge in [0.05, 0.1) is 6.26 Å². The van der Waals surface area contributed by atoms with Crippen LogP contribution in [0.5, 0.6) is 5.88 Å². The summed E-state index contributed by atoms with van der Waals surface area (Å²) in [5.41, 5.74) is 6.80. The summed E-state index contributed by atoms with van der Waals surface area (Å²) in [5.74, 6) is 1.61. The van der Waals surface area contributed by atoms with E-state index in [4.69, 9.17) is 4.74 Å². The van der Waals surface area contributed by atoms with Crippen molar-refractivity contribution in [2.75, 3.05) is 19.3 Å². The van der Waals surface area contributed by atoms with Crippen LogP contribution >= 0.6 is 0 Å². The molecule has 0 bridgehead atoms. The summed E-state index contributed by atoms with van der Waals surface area (Å²) >= 11 is 0. The Kier molecular flexibility index (Phi) is 6.58. The summed E-state index contributed by atoms with van der Waals surface area (Å²) in [6.45, 7) is 4.74. The molecule has 39 heavy (non-hydrogen) atoms. The van der Waals surface area contributed by atoms with Crippen LogP contribution in [0.1, 0.15) is 59.4 Å². The van der Waals surface area contributed by atoms with Crippen molar-refractivity contribution >= 4 is 15.8 Å². The van der Waals surface area contributed by atoms with Crippen molar-refractivity contribution in [1.29, 1.82) is 0 Å². The van der Waals surface area contributed by atoms with Gasteiger partial charge in [-0.1, -0.05) is 24.3 Å². The molecule has 0 spiro atoms. The average Bonchev–Trinajstić information content (AvgIpc) is 3.50. The van der Waals surface area contributed by atoms with Crippen molar-refractivity contribution in [1.82, 2.24) is 9.29 Å². The monoisotopic (exact) mass is 548 g/mol. The molecular weight excluding hydrogens is 515 g/mol. The molecule has 0 radical (unpaired) electrons. The zero-order chi connectivity index (χ0) is 27.5. The molecule has 2 aromatic carbocycles. The van der Waals surface area contributed by atoms with Crippen molar-refractivity contribution in [2.45, 2.75) is 51.6 Å². The van der Waals surface area contributed by atoms with Gasteiger partial charge in [0.1, 0.15) is 18.2 Å². The highest BCUT2D eigenvalue weighted by molar-refractivity contribution is 7.88. The number of carbonyl (C=O) groups excluding carboxylic acids is 1. The van der Waals surface area contributed by atoms with Crippen LogP contribution < -0.4 is 4.74 Å². The second kappa shape index (κ2) is 9.82. The van der Waals surface area contributed by atoms with Crippen molar-refractivity contribution in [3.63, 3.8) is 0 Å². The van der Waals surface area contributed by atoms with Gasteiger partial charge in [0.25, 0.3) is 0 Å². The lowest BCUT2D eigenvalue weighted by Crippen LogP contribution is -2.37. The molecule has 6 rings (SSSR count). The minimum atomic E-state index is -3.14. The fourth-order valence-corrected chi connectivity index (χ4v) is 7.52. The summed E-state index contributed by atoms with van der Waals surface area (Å²) in [5, 5.41) is 0. The van der Waals surface area contributed by atoms with Crippen molar-refractivity contribution in [3.8, 4) is 17.0 Å². The number of ketones is 1. The fourth-order valence-electron chi connectivity index (χ4n) is 6.65. The third-order valence-corrected chi connectivity index (χ3v) is 10.1. The molecule has 0 N–H and O–H groups in total. The molecule has 3 aliphatic rings. The number of aromatic nitrogens is 1. The van der Waals surface area contributed by atoms with Gasteiger partial charge in [-0.3, -0.25) is 4.79 Å². The largest absolute Gasteiger partial charge is 0.473 e. The standard InChI is InChI=1S/C31H33FN2O4S/c1-18-12-28(32)24(17-38-29-15-23-13-26-30(19(2)35)31(26)27(23)16-33-29)14-25(18)22-6-4-20(5-7-22)21-8-10-34(11-9-21)39(3,36)37/h4-7,12,14-16,21,26,30-31H,8-11,13,17H2,1-3H3/t26-,30-,31+/m0/s1. The van der Waals surface area contributed by atoms with Crippen LogP contribution in [-0.4, -0.2) is 42.8 Å². The Morgan fingerprint density at radius 3 is 2.51 bits per heavy atom. The first-order valence-electron chi connectivity index (χ1n) is 13.6. The van der Waals surface area contributed by atoms with Gasteiger partial charge in [0.2, 0.25) is 15.9 Å². The van der Waals surface area contributed by atoms with Gasteiger partial charge < -0.3 is 4.74 Å². The number of pyridine rings is 1. The van der Waals surface area contributed by atoms with Gasteiger partial charge in [-0.2, -0.15) is 0 Å². The number of aryl methyl sites for hydroxylation is 1. The van der Waals surface area contributed by atoms with Crippen LogP contribution in [0.15, 0.2) is 48.7 Å². The Bertz CT molecular complexity index is 1550. The number of fused-ring (bicyclic) bond motifs is 3. The van der Waals surface area contributed by atoms with E-state index in [0.717, 1.165) is 41.5 Å². The van der Waals surface area contributed by atoms with Gasteiger partial charge >= 0.3 is 0 Å². The number of halogens is 1. The normalized spacial score (nSPS) is 22.8. The molecule has 2 heterocycles. The van der Waals surface area contributed by atoms with E-state index in [9.17, 15) is 17.6 Å². The first-order chi connectivity index (χ1) is 18.6. The van der Waals surface area contributed by atoms with E-state index in [-0.39, 0.29) is 24.1 Å². The molecule has 2 aliphatic carbocycles. The Labute approximate surface area is 229 Å². The van der Waals surface area contributed by atoms with Crippen LogP contribution in [0.4, 0.5) is 4.39 Å². The van der Waals surface area contributed by atoms with Crippen LogP contribution in [0.25, 0.3) is 11.1 Å². The smallest absolute Gasteiger partial charge is 0.213 e. The topological polar surface area (TPSA) is 76.6 Å². The lowest BCUT2D eigenvalue weighted by Gasteiger charge is -2.30. The number of benzene rings is 2. The van der Waals surface area contributed by atoms with Gasteiger partial charge in [0.15, 0.2) is 0 Å². The molecule has 1 aromatic heterocycles. The Hall–Kier alpha value is -3.10. The molecule has 3 aromatic rings. The van der Waals surface area contributed by atoms with E-state index in [1.54, 1.807) is 17.3 Å². The van der Waals surface area contributed by atoms with Gasteiger partial charge in [-0.25, -0.2) is 22.1 Å². The second-order valence-electron chi connectivity index (χ2n) is 11.4. The number of sulfonamides is 1.